The predicted octanol–water partition coefficient (Wildman–Crippen LogP) is 4.85. The number of ether oxygens (including phenoxy) is 1. The number of ketones is 1. The Morgan fingerprint density at radius 2 is 1.82 bits per heavy atom. The van der Waals surface area contributed by atoms with E-state index < -0.39 is 17.1 Å². The maximum atomic E-state index is 12.9. The van der Waals surface area contributed by atoms with Crippen molar-refractivity contribution in [1.29, 1.82) is 0 Å². The molecule has 2 heterocycles. The number of anilines is 1. The molecule has 1 aromatic carbocycles. The van der Waals surface area contributed by atoms with Gasteiger partial charge in [-0.25, -0.2) is 14.8 Å². The second-order valence-corrected chi connectivity index (χ2v) is 8.63. The Hall–Kier alpha value is -3.46. The highest BCUT2D eigenvalue weighted by molar-refractivity contribution is 8.00. The summed E-state index contributed by atoms with van der Waals surface area (Å²) in [7, 11) is 0. The average molecular weight is 468 g/mol. The largest absolute Gasteiger partial charge is 0.462 e. The third kappa shape index (κ3) is 5.67. The number of hydrogen-bond donors (Lipinski definition) is 1. The molecule has 3 aromatic rings. The molecule has 0 saturated heterocycles. The van der Waals surface area contributed by atoms with Crippen LogP contribution in [0.2, 0.25) is 0 Å². The number of carbonyl (C=O) groups is 3. The molecule has 1 N–H and O–H groups in total. The number of nitrogens with one attached hydrogen (secondary N) is 1. The molecular formula is C24H25N3O5S. The summed E-state index contributed by atoms with van der Waals surface area (Å²) in [4.78, 5) is 46.3. The van der Waals surface area contributed by atoms with Crippen LogP contribution in [0.1, 0.15) is 53.1 Å². The fraction of sp³-hybridized carbons (Fsp3) is 0.292. The number of aromatic nitrogens is 2. The number of nitrogens with zero attached hydrogens (tertiary/aromatic N) is 2. The zero-order valence-corrected chi connectivity index (χ0v) is 19.9. The fourth-order valence-corrected chi connectivity index (χ4v) is 4.15. The Labute approximate surface area is 196 Å². The Morgan fingerprint density at radius 3 is 2.45 bits per heavy atom. The van der Waals surface area contributed by atoms with Gasteiger partial charge in [-0.15, -0.1) is 0 Å². The van der Waals surface area contributed by atoms with Gasteiger partial charge in [0.15, 0.2) is 5.78 Å². The summed E-state index contributed by atoms with van der Waals surface area (Å²) in [5, 5.41) is 2.68. The lowest BCUT2D eigenvalue weighted by atomic mass is 10.1. The van der Waals surface area contributed by atoms with Crippen molar-refractivity contribution in [3.63, 3.8) is 0 Å². The third-order valence-electron chi connectivity index (χ3n) is 4.70. The van der Waals surface area contributed by atoms with Gasteiger partial charge in [-0.05, 0) is 40.7 Å². The first-order valence-electron chi connectivity index (χ1n) is 10.4. The summed E-state index contributed by atoms with van der Waals surface area (Å²) in [5.41, 5.74) is 1.74. The number of thioether (sulfide) groups is 1. The fourth-order valence-electron chi connectivity index (χ4n) is 3.26. The maximum Gasteiger partial charge on any atom is 0.344 e. The van der Waals surface area contributed by atoms with E-state index in [-0.39, 0.29) is 35.2 Å². The second kappa shape index (κ2) is 10.4. The van der Waals surface area contributed by atoms with E-state index in [1.807, 2.05) is 36.4 Å². The molecule has 0 radical (unpaired) electrons. The molecule has 0 bridgehead atoms. The zero-order valence-electron chi connectivity index (χ0n) is 19.1. The van der Waals surface area contributed by atoms with Crippen molar-refractivity contribution in [3.8, 4) is 11.3 Å². The smallest absolute Gasteiger partial charge is 0.344 e. The Bertz CT molecular complexity index is 1190. The molecule has 2 aromatic heterocycles. The molecule has 1 amide bonds. The Balaban J connectivity index is 1.82. The van der Waals surface area contributed by atoms with Crippen molar-refractivity contribution in [2.45, 2.75) is 44.9 Å². The van der Waals surface area contributed by atoms with Gasteiger partial charge in [-0.2, -0.15) is 0 Å². The quantitative estimate of drug-likeness (QED) is 0.217. The highest BCUT2D eigenvalue weighted by atomic mass is 32.2. The molecule has 0 spiro atoms. The molecule has 3 rings (SSSR count). The number of carbonyl (C=O) groups excluding carboxylic acids is 3. The van der Waals surface area contributed by atoms with Gasteiger partial charge in [0, 0.05) is 5.56 Å². The lowest BCUT2D eigenvalue weighted by Crippen LogP contribution is -2.24. The maximum absolute atomic E-state index is 12.9. The summed E-state index contributed by atoms with van der Waals surface area (Å²) in [6, 6.07) is 11.5. The van der Waals surface area contributed by atoms with Crippen molar-refractivity contribution in [2.75, 3.05) is 11.9 Å². The first-order valence-corrected chi connectivity index (χ1v) is 11.3. The number of benzene rings is 1. The topological polar surface area (TPSA) is 111 Å². The number of amides is 1. The van der Waals surface area contributed by atoms with Crippen LogP contribution in [0.5, 0.6) is 0 Å². The average Bonchev–Trinajstić information content (AvgIpc) is 3.10. The summed E-state index contributed by atoms with van der Waals surface area (Å²) in [6.45, 7) is 8.17. The molecule has 0 saturated carbocycles. The molecule has 0 aliphatic carbocycles. The highest BCUT2D eigenvalue weighted by Crippen LogP contribution is 2.31. The third-order valence-corrected chi connectivity index (χ3v) is 5.72. The van der Waals surface area contributed by atoms with Gasteiger partial charge in [0.2, 0.25) is 11.8 Å². The van der Waals surface area contributed by atoms with E-state index in [1.165, 1.54) is 18.7 Å². The van der Waals surface area contributed by atoms with E-state index in [0.717, 1.165) is 11.3 Å². The van der Waals surface area contributed by atoms with Gasteiger partial charge in [0.25, 0.3) is 0 Å². The van der Waals surface area contributed by atoms with Crippen molar-refractivity contribution >= 4 is 35.3 Å². The van der Waals surface area contributed by atoms with Crippen molar-refractivity contribution in [3.05, 3.63) is 59.1 Å². The molecule has 0 aliphatic rings. The number of hydrogen-bond acceptors (Lipinski definition) is 8. The molecule has 1 atom stereocenters. The van der Waals surface area contributed by atoms with E-state index in [1.54, 1.807) is 27.7 Å². The van der Waals surface area contributed by atoms with Crippen LogP contribution in [0.4, 0.5) is 5.88 Å². The molecule has 0 aliphatic heterocycles. The van der Waals surface area contributed by atoms with Crippen LogP contribution in [0.15, 0.2) is 45.8 Å². The molecule has 0 fully saturated rings. The first-order chi connectivity index (χ1) is 15.7. The molecule has 8 nitrogen and oxygen atoms in total. The standard InChI is InChI=1S/C24H25N3O5S/c1-6-31-24(30)21-20(13(2)28)14(3)32-23(21)27-22(29)15(4)33-19-12-18(25-16(5)26-19)17-10-8-7-9-11-17/h7-12,15H,6H2,1-5H3,(H,27,29). The number of esters is 1. The predicted molar refractivity (Wildman–Crippen MR) is 126 cm³/mol. The van der Waals surface area contributed by atoms with Crippen LogP contribution in [0, 0.1) is 13.8 Å². The molecule has 1 unspecified atom stereocenters. The molecular weight excluding hydrogens is 442 g/mol. The molecule has 9 heteroatoms. The summed E-state index contributed by atoms with van der Waals surface area (Å²) in [5.74, 6) is -0.769. The van der Waals surface area contributed by atoms with Gasteiger partial charge >= 0.3 is 5.97 Å². The summed E-state index contributed by atoms with van der Waals surface area (Å²) in [6.07, 6.45) is 0. The first kappa shape index (κ1) is 24.2. The van der Waals surface area contributed by atoms with E-state index >= 15 is 0 Å². The number of Topliss-reactive ketones (excluding diaryl/α,β-unsaturated/α-hetero) is 1. The number of rotatable bonds is 8. The van der Waals surface area contributed by atoms with Gasteiger partial charge in [0.1, 0.15) is 22.2 Å². The van der Waals surface area contributed by atoms with Crippen LogP contribution in [-0.2, 0) is 9.53 Å². The van der Waals surface area contributed by atoms with Crippen LogP contribution in [0.3, 0.4) is 0 Å². The lowest BCUT2D eigenvalue weighted by molar-refractivity contribution is -0.115. The molecule has 33 heavy (non-hydrogen) atoms. The normalized spacial score (nSPS) is 11.7. The van der Waals surface area contributed by atoms with E-state index in [9.17, 15) is 14.4 Å². The minimum atomic E-state index is -0.728. The summed E-state index contributed by atoms with van der Waals surface area (Å²) < 4.78 is 10.6. The van der Waals surface area contributed by atoms with Gasteiger partial charge in [0.05, 0.1) is 23.1 Å². The van der Waals surface area contributed by atoms with Crippen molar-refractivity contribution in [1.82, 2.24) is 9.97 Å². The molecule has 172 valence electrons. The van der Waals surface area contributed by atoms with Crippen LogP contribution < -0.4 is 5.32 Å². The minimum absolute atomic E-state index is 0.0726. The monoisotopic (exact) mass is 467 g/mol. The van der Waals surface area contributed by atoms with E-state index in [2.05, 4.69) is 15.3 Å². The Kier molecular flexibility index (Phi) is 7.65. The second-order valence-electron chi connectivity index (χ2n) is 7.27. The van der Waals surface area contributed by atoms with Gasteiger partial charge in [-0.1, -0.05) is 42.1 Å². The Morgan fingerprint density at radius 1 is 1.12 bits per heavy atom. The number of furan rings is 1. The SMILES string of the molecule is CCOC(=O)c1c(NC(=O)C(C)Sc2cc(-c3ccccc3)nc(C)n2)oc(C)c1C(C)=O. The van der Waals surface area contributed by atoms with Gasteiger partial charge < -0.3 is 9.15 Å². The van der Waals surface area contributed by atoms with Crippen molar-refractivity contribution in [2.24, 2.45) is 0 Å². The summed E-state index contributed by atoms with van der Waals surface area (Å²) >= 11 is 1.25. The van der Waals surface area contributed by atoms with E-state index in [0.29, 0.717) is 10.9 Å². The van der Waals surface area contributed by atoms with Crippen molar-refractivity contribution < 1.29 is 23.5 Å². The van der Waals surface area contributed by atoms with Crippen LogP contribution >= 0.6 is 11.8 Å². The van der Waals surface area contributed by atoms with Crippen LogP contribution in [0.25, 0.3) is 11.3 Å². The number of aryl methyl sites for hydroxylation is 2. The minimum Gasteiger partial charge on any atom is -0.462 e. The van der Waals surface area contributed by atoms with Crippen LogP contribution in [-0.4, -0.2) is 39.5 Å². The zero-order chi connectivity index (χ0) is 24.1. The van der Waals surface area contributed by atoms with Gasteiger partial charge in [-0.3, -0.25) is 14.9 Å². The van der Waals surface area contributed by atoms with E-state index in [4.69, 9.17) is 9.15 Å². The highest BCUT2D eigenvalue weighted by Gasteiger charge is 2.29. The lowest BCUT2D eigenvalue weighted by Gasteiger charge is -2.12.